The monoisotopic (exact) mass is 515 g/mol. The highest BCUT2D eigenvalue weighted by Crippen LogP contribution is 2.29. The highest BCUT2D eigenvalue weighted by Gasteiger charge is 2.48. The lowest BCUT2D eigenvalue weighted by molar-refractivity contribution is -0.144. The van der Waals surface area contributed by atoms with Gasteiger partial charge in [-0.15, -0.1) is 0 Å². The molecular formula is C28H30BN3O6. The number of methoxy groups -OCH3 is 1. The molecule has 3 aromatic carbocycles. The molecule has 3 aromatic rings. The van der Waals surface area contributed by atoms with E-state index in [9.17, 15) is 19.6 Å². The van der Waals surface area contributed by atoms with Crippen molar-refractivity contribution in [2.45, 2.75) is 30.8 Å². The van der Waals surface area contributed by atoms with Gasteiger partial charge in [-0.1, -0.05) is 65.8 Å². The molecule has 0 saturated heterocycles. The second-order valence-corrected chi connectivity index (χ2v) is 9.18. The molecule has 0 spiro atoms. The molecule has 0 radical (unpaired) electrons. The van der Waals surface area contributed by atoms with Crippen LogP contribution in [0.25, 0.3) is 0 Å². The van der Waals surface area contributed by atoms with Crippen LogP contribution in [0.1, 0.15) is 27.9 Å². The van der Waals surface area contributed by atoms with E-state index in [1.807, 2.05) is 60.7 Å². The van der Waals surface area contributed by atoms with E-state index < -0.39 is 24.6 Å². The molecule has 0 saturated carbocycles. The Morgan fingerprint density at radius 1 is 1.00 bits per heavy atom. The second kappa shape index (κ2) is 12.4. The predicted octanol–water partition coefficient (Wildman–Crippen LogP) is 1.92. The van der Waals surface area contributed by atoms with E-state index in [0.29, 0.717) is 17.0 Å². The van der Waals surface area contributed by atoms with Gasteiger partial charge in [0.25, 0.3) is 11.8 Å². The normalized spacial score (nSPS) is 17.1. The number of nitrogens with zero attached hydrogens (tertiary/aromatic N) is 1. The average Bonchev–Trinajstić information content (AvgIpc) is 3.36. The van der Waals surface area contributed by atoms with Gasteiger partial charge in [-0.2, -0.15) is 0 Å². The minimum atomic E-state index is -1.78. The number of rotatable bonds is 11. The summed E-state index contributed by atoms with van der Waals surface area (Å²) in [7, 11) is -0.227. The fourth-order valence-electron chi connectivity index (χ4n) is 4.29. The van der Waals surface area contributed by atoms with Crippen molar-refractivity contribution in [3.05, 3.63) is 102 Å². The topological polar surface area (TPSA) is 129 Å². The summed E-state index contributed by atoms with van der Waals surface area (Å²) < 4.78 is 5.12. The first-order valence-corrected chi connectivity index (χ1v) is 12.3. The lowest BCUT2D eigenvalue weighted by Crippen LogP contribution is -2.56. The van der Waals surface area contributed by atoms with Crippen molar-refractivity contribution in [1.82, 2.24) is 10.6 Å². The van der Waals surface area contributed by atoms with E-state index >= 15 is 0 Å². The summed E-state index contributed by atoms with van der Waals surface area (Å²) in [5, 5.41) is 29.7. The SMILES string of the molecule is COc1ccc(C(=O)NCC2=NOC(Cc3ccccc3)(C(=O)N[C@@H](Cc3ccccc3)B(O)O)C2)cc1. The number of hydrogen-bond acceptors (Lipinski definition) is 7. The van der Waals surface area contributed by atoms with E-state index in [2.05, 4.69) is 15.8 Å². The number of amides is 2. The van der Waals surface area contributed by atoms with E-state index in [1.165, 1.54) is 0 Å². The standard InChI is InChI=1S/C28H30BN3O6/c1-37-24-14-12-22(13-15-24)26(33)30-19-23-18-28(38-32-23,17-21-10-6-3-7-11-21)27(34)31-25(29(35)36)16-20-8-4-2-5-9-20/h2-15,25,35-36H,16-19H2,1H3,(H,30,33)(H,31,34)/t25-,28?/m0/s1. The Balaban J connectivity index is 1.46. The molecule has 1 unspecified atom stereocenters. The molecular weight excluding hydrogens is 485 g/mol. The molecule has 196 valence electrons. The molecule has 2 atom stereocenters. The van der Waals surface area contributed by atoms with Crippen LogP contribution in [0.5, 0.6) is 5.75 Å². The zero-order valence-electron chi connectivity index (χ0n) is 21.0. The molecule has 9 nitrogen and oxygen atoms in total. The Bertz CT molecular complexity index is 1250. The quantitative estimate of drug-likeness (QED) is 0.289. The summed E-state index contributed by atoms with van der Waals surface area (Å²) in [5.41, 5.74) is 1.23. The number of nitrogens with one attached hydrogen (secondary N) is 2. The van der Waals surface area contributed by atoms with Crippen molar-refractivity contribution in [3.8, 4) is 5.75 Å². The molecule has 38 heavy (non-hydrogen) atoms. The van der Waals surface area contributed by atoms with Gasteiger partial charge in [0.1, 0.15) is 5.75 Å². The predicted molar refractivity (Wildman–Crippen MR) is 144 cm³/mol. The van der Waals surface area contributed by atoms with Crippen molar-refractivity contribution in [2.75, 3.05) is 13.7 Å². The molecule has 4 N–H and O–H groups in total. The highest BCUT2D eigenvalue weighted by molar-refractivity contribution is 6.43. The van der Waals surface area contributed by atoms with Crippen LogP contribution in [0.15, 0.2) is 90.1 Å². The van der Waals surface area contributed by atoms with Gasteiger partial charge in [0.05, 0.1) is 25.3 Å². The summed E-state index contributed by atoms with van der Waals surface area (Å²) in [6, 6.07) is 25.3. The number of carbonyl (C=O) groups excluding carboxylic acids is 2. The third-order valence-electron chi connectivity index (χ3n) is 6.37. The Labute approximate surface area is 221 Å². The van der Waals surface area contributed by atoms with Gasteiger partial charge in [-0.3, -0.25) is 9.59 Å². The average molecular weight is 515 g/mol. The molecule has 10 heteroatoms. The van der Waals surface area contributed by atoms with Crippen LogP contribution >= 0.6 is 0 Å². The van der Waals surface area contributed by atoms with Gasteiger partial charge < -0.3 is 30.3 Å². The van der Waals surface area contributed by atoms with Gasteiger partial charge in [0.2, 0.25) is 5.60 Å². The van der Waals surface area contributed by atoms with Crippen LogP contribution in [0, 0.1) is 0 Å². The van der Waals surface area contributed by atoms with Gasteiger partial charge in [-0.25, -0.2) is 0 Å². The van der Waals surface area contributed by atoms with Gasteiger partial charge in [0.15, 0.2) is 0 Å². The molecule has 0 bridgehead atoms. The molecule has 1 aliphatic rings. The van der Waals surface area contributed by atoms with Crippen molar-refractivity contribution < 1.29 is 29.2 Å². The molecule has 1 heterocycles. The smallest absolute Gasteiger partial charge is 0.475 e. The number of benzene rings is 3. The molecule has 0 aliphatic carbocycles. The maximum absolute atomic E-state index is 13.6. The van der Waals surface area contributed by atoms with Crippen LogP contribution in [-0.2, 0) is 22.5 Å². The van der Waals surface area contributed by atoms with Crippen molar-refractivity contribution in [3.63, 3.8) is 0 Å². The highest BCUT2D eigenvalue weighted by atomic mass is 16.7. The Hall–Kier alpha value is -4.15. The van der Waals surface area contributed by atoms with Crippen LogP contribution < -0.4 is 15.4 Å². The third-order valence-corrected chi connectivity index (χ3v) is 6.37. The van der Waals surface area contributed by atoms with Crippen LogP contribution in [-0.4, -0.2) is 59.9 Å². The zero-order valence-corrected chi connectivity index (χ0v) is 21.0. The first-order chi connectivity index (χ1) is 18.4. The van der Waals surface area contributed by atoms with E-state index in [0.717, 1.165) is 11.1 Å². The first-order valence-electron chi connectivity index (χ1n) is 12.3. The molecule has 2 amide bonds. The molecule has 0 fully saturated rings. The van der Waals surface area contributed by atoms with Gasteiger partial charge >= 0.3 is 7.12 Å². The summed E-state index contributed by atoms with van der Waals surface area (Å²) >= 11 is 0. The first kappa shape index (κ1) is 26.9. The molecule has 0 aromatic heterocycles. The third kappa shape index (κ3) is 6.79. The Kier molecular flexibility index (Phi) is 8.78. The maximum atomic E-state index is 13.6. The minimum Gasteiger partial charge on any atom is -0.497 e. The lowest BCUT2D eigenvalue weighted by atomic mass is 9.75. The van der Waals surface area contributed by atoms with E-state index in [-0.39, 0.29) is 31.7 Å². The minimum absolute atomic E-state index is 0.0880. The summed E-state index contributed by atoms with van der Waals surface area (Å²) in [5.74, 6) is -1.13. The second-order valence-electron chi connectivity index (χ2n) is 9.18. The van der Waals surface area contributed by atoms with Crippen LogP contribution in [0.2, 0.25) is 0 Å². The van der Waals surface area contributed by atoms with Crippen molar-refractivity contribution in [2.24, 2.45) is 5.16 Å². The Morgan fingerprint density at radius 2 is 1.63 bits per heavy atom. The van der Waals surface area contributed by atoms with Crippen molar-refractivity contribution in [1.29, 1.82) is 0 Å². The van der Waals surface area contributed by atoms with Crippen LogP contribution in [0.4, 0.5) is 0 Å². The fraction of sp³-hybridized carbons (Fsp3) is 0.250. The largest absolute Gasteiger partial charge is 0.497 e. The number of hydrogen-bond donors (Lipinski definition) is 4. The summed E-state index contributed by atoms with van der Waals surface area (Å²) in [4.78, 5) is 32.0. The van der Waals surface area contributed by atoms with Gasteiger partial charge in [0, 0.05) is 18.4 Å². The Morgan fingerprint density at radius 3 is 2.24 bits per heavy atom. The van der Waals surface area contributed by atoms with Crippen LogP contribution in [0.3, 0.4) is 0 Å². The van der Waals surface area contributed by atoms with Gasteiger partial charge in [-0.05, 0) is 41.8 Å². The fourth-order valence-corrected chi connectivity index (χ4v) is 4.29. The zero-order chi connectivity index (χ0) is 27.0. The molecule has 4 rings (SSSR count). The van der Waals surface area contributed by atoms with E-state index in [1.54, 1.807) is 31.4 Å². The number of carbonyl (C=O) groups is 2. The maximum Gasteiger partial charge on any atom is 0.475 e. The number of oxime groups is 1. The summed E-state index contributed by atoms with van der Waals surface area (Å²) in [6.45, 7) is 0.0880. The summed E-state index contributed by atoms with van der Waals surface area (Å²) in [6.07, 6.45) is 0.548. The lowest BCUT2D eigenvalue weighted by Gasteiger charge is -2.28. The van der Waals surface area contributed by atoms with Crippen molar-refractivity contribution >= 4 is 24.6 Å². The van der Waals surface area contributed by atoms with E-state index in [4.69, 9.17) is 9.57 Å². The number of ether oxygens (including phenoxy) is 1. The molecule has 1 aliphatic heterocycles.